The van der Waals surface area contributed by atoms with Crippen LogP contribution in [-0.2, 0) is 4.74 Å². The van der Waals surface area contributed by atoms with E-state index in [2.05, 4.69) is 42.2 Å². The quantitative estimate of drug-likeness (QED) is 0.0663. The maximum Gasteiger partial charge on any atom is 0.375 e. The lowest BCUT2D eigenvalue weighted by molar-refractivity contribution is 0.0585. The smallest absolute Gasteiger partial charge is 0.375 e. The van der Waals surface area contributed by atoms with Crippen molar-refractivity contribution in [2.24, 2.45) is 0 Å². The third-order valence-electron chi connectivity index (χ3n) is 6.77. The molecule has 25 nitrogen and oxygen atoms in total. The van der Waals surface area contributed by atoms with Crippen LogP contribution in [0.1, 0.15) is 75.2 Å². The van der Waals surface area contributed by atoms with Crippen LogP contribution in [0.4, 0.5) is 0 Å². The zero-order valence-electron chi connectivity index (χ0n) is 32.3. The second-order valence-electron chi connectivity index (χ2n) is 11.4. The Bertz CT molecular complexity index is 2610. The number of aromatic carboxylic acids is 3. The molecule has 0 aliphatic heterocycles. The summed E-state index contributed by atoms with van der Waals surface area (Å²) in [5, 5.41) is 72.9. The van der Waals surface area contributed by atoms with Crippen molar-refractivity contribution < 1.29 is 74.1 Å². The zero-order chi connectivity index (χ0) is 47.0. The van der Waals surface area contributed by atoms with Crippen LogP contribution in [0.3, 0.4) is 0 Å². The van der Waals surface area contributed by atoms with Crippen LogP contribution >= 0.6 is 12.2 Å². The van der Waals surface area contributed by atoms with Crippen LogP contribution in [0.5, 0.6) is 23.0 Å². The van der Waals surface area contributed by atoms with Crippen LogP contribution in [0.25, 0.3) is 0 Å². The van der Waals surface area contributed by atoms with Crippen molar-refractivity contribution in [3.8, 4) is 23.0 Å². The second-order valence-corrected chi connectivity index (χ2v) is 11.8. The molecule has 0 saturated carbocycles. The first kappa shape index (κ1) is 50.5. The number of aryl methyl sites for hydroxylation is 4. The number of hydrogen-bond donors (Lipinski definition) is 12. The number of aromatic amines is 3. The molecule has 0 aliphatic carbocycles. The number of aromatic hydroxyl groups is 4. The number of ether oxygens (including phenoxy) is 1. The number of nitrogens with zero attached hydrogens (tertiary/aromatic N) is 2. The van der Waals surface area contributed by atoms with Gasteiger partial charge in [0.05, 0.1) is 17.2 Å². The highest BCUT2D eigenvalue weighted by Gasteiger charge is 2.18. The highest BCUT2D eigenvalue weighted by molar-refractivity contribution is 7.71. The van der Waals surface area contributed by atoms with E-state index in [0.29, 0.717) is 17.1 Å². The summed E-state index contributed by atoms with van der Waals surface area (Å²) in [6, 6.07) is 7.44. The van der Waals surface area contributed by atoms with Gasteiger partial charge in [-0.15, -0.1) is 4.73 Å². The van der Waals surface area contributed by atoms with Crippen molar-refractivity contribution in [2.45, 2.75) is 27.7 Å². The molecule has 0 unspecified atom stereocenters. The normalized spacial score (nSPS) is 9.67. The Morgan fingerprint density at radius 1 is 0.738 bits per heavy atom. The van der Waals surface area contributed by atoms with Gasteiger partial charge in [-0.05, 0) is 52.0 Å². The summed E-state index contributed by atoms with van der Waals surface area (Å²) in [6.07, 6.45) is 0. The lowest BCUT2D eigenvalue weighted by atomic mass is 10.2. The van der Waals surface area contributed by atoms with E-state index < -0.39 is 86.5 Å². The number of nitrogens with one attached hydrogen (secondary N) is 4. The van der Waals surface area contributed by atoms with Gasteiger partial charge in [0.1, 0.15) is 17.1 Å². The van der Waals surface area contributed by atoms with Crippen molar-refractivity contribution in [1.82, 2.24) is 30.0 Å². The fourth-order valence-corrected chi connectivity index (χ4v) is 4.30. The van der Waals surface area contributed by atoms with Gasteiger partial charge >= 0.3 is 23.9 Å². The molecule has 5 aromatic rings. The van der Waals surface area contributed by atoms with E-state index >= 15 is 0 Å². The summed E-state index contributed by atoms with van der Waals surface area (Å²) < 4.78 is 9.21. The summed E-state index contributed by atoms with van der Waals surface area (Å²) in [5.74, 6) is -7.76. The molecule has 0 fully saturated rings. The maximum atomic E-state index is 11.1. The fraction of sp³-hybridized carbons (Fsp3) is 0.171. The van der Waals surface area contributed by atoms with Gasteiger partial charge < -0.3 is 70.4 Å². The maximum absolute atomic E-state index is 11.1. The van der Waals surface area contributed by atoms with Crippen LogP contribution in [0.2, 0.25) is 0 Å². The molecule has 0 atom stereocenters. The van der Waals surface area contributed by atoms with Crippen molar-refractivity contribution >= 4 is 42.0 Å². The van der Waals surface area contributed by atoms with Crippen LogP contribution < -0.4 is 27.6 Å². The van der Waals surface area contributed by atoms with E-state index in [9.17, 15) is 48.3 Å². The van der Waals surface area contributed by atoms with E-state index in [1.165, 1.54) is 45.2 Å². The van der Waals surface area contributed by atoms with Crippen LogP contribution in [0.15, 0.2) is 60.0 Å². The number of carboxylic acids is 3. The van der Waals surface area contributed by atoms with E-state index in [-0.39, 0.29) is 31.9 Å². The van der Waals surface area contributed by atoms with Gasteiger partial charge in [0.2, 0.25) is 5.75 Å². The number of carbonyl (C=O) groups excluding carboxylic acids is 2. The predicted molar refractivity (Wildman–Crippen MR) is 208 cm³/mol. The number of carbonyl (C=O) groups is 5. The van der Waals surface area contributed by atoms with Crippen LogP contribution in [0, 0.1) is 32.2 Å². The summed E-state index contributed by atoms with van der Waals surface area (Å²) in [5.41, 5.74) is -3.23. The van der Waals surface area contributed by atoms with Gasteiger partial charge in [0.15, 0.2) is 28.6 Å². The molecule has 5 rings (SSSR count). The zero-order valence-corrected chi connectivity index (χ0v) is 33.2. The van der Waals surface area contributed by atoms with E-state index in [4.69, 9.17) is 40.3 Å². The fourth-order valence-electron chi connectivity index (χ4n) is 4.04. The Morgan fingerprint density at radius 3 is 1.70 bits per heavy atom. The second kappa shape index (κ2) is 22.4. The molecule has 0 aliphatic rings. The highest BCUT2D eigenvalue weighted by Crippen LogP contribution is 2.20. The van der Waals surface area contributed by atoms with Crippen molar-refractivity contribution in [1.29, 1.82) is 0 Å². The molecule has 0 spiro atoms. The minimum Gasteiger partial charge on any atom is -0.503 e. The number of rotatable bonds is 5. The number of pyridine rings is 3. The van der Waals surface area contributed by atoms with Gasteiger partial charge in [-0.1, -0.05) is 18.3 Å². The predicted octanol–water partition coefficient (Wildman–Crippen LogP) is 0.911. The molecule has 0 radical (unpaired) electrons. The van der Waals surface area contributed by atoms with Gasteiger partial charge in [0, 0.05) is 24.5 Å². The number of methoxy groups -OCH3 is 1. The number of aromatic nitrogens is 5. The number of amides is 1. The Morgan fingerprint density at radius 2 is 1.25 bits per heavy atom. The monoisotopic (exact) mass is 876 g/mol. The average Bonchev–Trinajstić information content (AvgIpc) is 3.18. The molecule has 1 amide bonds. The summed E-state index contributed by atoms with van der Waals surface area (Å²) in [7, 11) is 2.57. The molecule has 5 aromatic heterocycles. The average molecular weight is 877 g/mol. The Balaban J connectivity index is 0.000000382. The molecule has 0 aromatic carbocycles. The standard InChI is InChI=1S/C8H10N2O3.C7H8N2O4.C7H7NO4.C7H6O4S.C6H5NO4/c1-4-3-5(7(12)9-2)6(11)8(13)10-4;1-3-8-4(7(12)13-2)5(10)6(11)9-3;1-3-2-4(7(11)12)5(9)6(10)8-3;1-3-2-4(12)5(8)6(11-3)7(9)10;8-5-3-1-2-4(6(9)10)7(5)11/h3,11H,1-2H3,(H,9,12)(H,10,13);10H,1-2H3,(H,8,9,11);2,9H,1H3,(H,8,10)(H,11,12);2,8H,1H3,(H,9,10);1-3,11H,(H,9,10). The lowest BCUT2D eigenvalue weighted by Crippen LogP contribution is -2.22. The third kappa shape index (κ3) is 14.4. The van der Waals surface area contributed by atoms with Gasteiger partial charge in [-0.2, -0.15) is 0 Å². The van der Waals surface area contributed by atoms with E-state index in [1.54, 1.807) is 13.8 Å². The molecular weight excluding hydrogens is 840 g/mol. The minimum absolute atomic E-state index is 0.0104. The largest absolute Gasteiger partial charge is 0.503 e. The topological polar surface area (TPSA) is 415 Å². The molecular formula is C35H36N6O19S. The number of hydrogen-bond acceptors (Lipinski definition) is 18. The molecule has 61 heavy (non-hydrogen) atoms. The Hall–Kier alpha value is -8.55. The van der Waals surface area contributed by atoms with E-state index in [1.807, 2.05) is 0 Å². The molecule has 0 saturated heterocycles. The number of H-pyrrole nitrogens is 3. The van der Waals surface area contributed by atoms with Crippen molar-refractivity contribution in [2.75, 3.05) is 14.2 Å². The molecule has 326 valence electrons. The first-order chi connectivity index (χ1) is 28.3. The molecule has 12 N–H and O–H groups in total. The Labute approximate surface area is 344 Å². The summed E-state index contributed by atoms with van der Waals surface area (Å²) >= 11 is 4.67. The Kier molecular flexibility index (Phi) is 18.5. The van der Waals surface area contributed by atoms with Gasteiger partial charge in [0.25, 0.3) is 33.9 Å². The number of carboxylic acid groups (broad SMARTS) is 3. The first-order valence-electron chi connectivity index (χ1n) is 16.2. The van der Waals surface area contributed by atoms with Gasteiger partial charge in [-0.25, -0.2) is 24.2 Å². The molecule has 26 heteroatoms. The first-order valence-corrected chi connectivity index (χ1v) is 16.6. The third-order valence-corrected chi connectivity index (χ3v) is 7.08. The minimum atomic E-state index is -1.34. The van der Waals surface area contributed by atoms with Crippen molar-refractivity contribution in [3.63, 3.8) is 0 Å². The van der Waals surface area contributed by atoms with Crippen LogP contribution in [-0.4, -0.2) is 110 Å². The number of esters is 1. The lowest BCUT2D eigenvalue weighted by Gasteiger charge is -2.02. The van der Waals surface area contributed by atoms with E-state index in [0.717, 1.165) is 19.2 Å². The summed E-state index contributed by atoms with van der Waals surface area (Å²) in [4.78, 5) is 107. The SMILES string of the molecule is CNC(=O)c1cc(C)[nH]c(=O)c1O.COC(=O)c1nc(C)[nH]c(=O)c1O.Cc1cc(=S)c(O)c(C(=O)O)o1.Cc1cc(C(=O)O)c(O)c(=O)[nH]1.O=C(O)c1cccc(=O)n1O. The van der Waals surface area contributed by atoms with Gasteiger partial charge in [-0.3, -0.25) is 24.0 Å². The summed E-state index contributed by atoms with van der Waals surface area (Å²) in [6.45, 7) is 6.22. The van der Waals surface area contributed by atoms with Crippen molar-refractivity contribution in [3.05, 3.63) is 134 Å². The molecule has 0 bridgehead atoms. The highest BCUT2D eigenvalue weighted by atomic mass is 32.1. The molecule has 5 heterocycles.